The number of para-hydroxylation sites is 1. The average molecular weight is 233 g/mol. The van der Waals surface area contributed by atoms with Gasteiger partial charge in [-0.05, 0) is 18.9 Å². The van der Waals surface area contributed by atoms with Gasteiger partial charge in [0.1, 0.15) is 0 Å². The second-order valence-electron chi connectivity index (χ2n) is 3.63. The van der Waals surface area contributed by atoms with Gasteiger partial charge in [-0.15, -0.1) is 6.58 Å². The van der Waals surface area contributed by atoms with Crippen LogP contribution in [0.3, 0.4) is 0 Å². The molecule has 1 atom stereocenters. The highest BCUT2D eigenvalue weighted by molar-refractivity contribution is 5.60. The summed E-state index contributed by atoms with van der Waals surface area (Å²) < 4.78 is 0. The Morgan fingerprint density at radius 1 is 1.41 bits per heavy atom. The topological polar surface area (TPSA) is 63.4 Å². The van der Waals surface area contributed by atoms with Crippen molar-refractivity contribution in [2.75, 3.05) is 0 Å². The third kappa shape index (κ3) is 4.20. The van der Waals surface area contributed by atoms with Gasteiger partial charge in [0.05, 0.1) is 16.6 Å². The molecule has 1 aromatic carbocycles. The van der Waals surface area contributed by atoms with Crippen LogP contribution in [0.2, 0.25) is 0 Å². The van der Waals surface area contributed by atoms with Crippen LogP contribution in [0.25, 0.3) is 6.08 Å². The highest BCUT2D eigenvalue weighted by atomic mass is 16.6. The van der Waals surface area contributed by atoms with Crippen LogP contribution in [0.1, 0.15) is 18.4 Å². The maximum atomic E-state index is 10.7. The highest BCUT2D eigenvalue weighted by Gasteiger charge is 2.09. The largest absolute Gasteiger partial charge is 0.392 e. The van der Waals surface area contributed by atoms with Crippen LogP contribution in [-0.4, -0.2) is 16.1 Å². The minimum Gasteiger partial charge on any atom is -0.392 e. The maximum Gasteiger partial charge on any atom is 0.276 e. The number of nitro benzene ring substituents is 1. The van der Waals surface area contributed by atoms with Crippen LogP contribution in [0.4, 0.5) is 5.69 Å². The molecular formula is C13H15NO3. The van der Waals surface area contributed by atoms with Crippen molar-refractivity contribution in [3.63, 3.8) is 0 Å². The van der Waals surface area contributed by atoms with Crippen molar-refractivity contribution in [1.82, 2.24) is 0 Å². The molecule has 0 aromatic heterocycles. The lowest BCUT2D eigenvalue weighted by Crippen LogP contribution is -2.01. The first-order valence-corrected chi connectivity index (χ1v) is 5.34. The van der Waals surface area contributed by atoms with E-state index in [-0.39, 0.29) is 5.69 Å². The van der Waals surface area contributed by atoms with E-state index in [2.05, 4.69) is 6.58 Å². The van der Waals surface area contributed by atoms with Crippen LogP contribution >= 0.6 is 0 Å². The zero-order valence-corrected chi connectivity index (χ0v) is 9.45. The molecule has 4 nitrogen and oxygen atoms in total. The van der Waals surface area contributed by atoms with E-state index in [0.717, 1.165) is 0 Å². The monoisotopic (exact) mass is 233 g/mol. The van der Waals surface area contributed by atoms with E-state index in [4.69, 9.17) is 0 Å². The second kappa shape index (κ2) is 6.60. The molecule has 90 valence electrons. The summed E-state index contributed by atoms with van der Waals surface area (Å²) in [4.78, 5) is 10.3. The van der Waals surface area contributed by atoms with Crippen molar-refractivity contribution in [2.45, 2.75) is 18.9 Å². The number of benzene rings is 1. The van der Waals surface area contributed by atoms with Crippen molar-refractivity contribution in [1.29, 1.82) is 0 Å². The Hall–Kier alpha value is -1.94. The summed E-state index contributed by atoms with van der Waals surface area (Å²) in [6.45, 7) is 3.53. The number of aliphatic hydroxyl groups excluding tert-OH is 1. The normalized spacial score (nSPS) is 12.5. The van der Waals surface area contributed by atoms with E-state index >= 15 is 0 Å². The summed E-state index contributed by atoms with van der Waals surface area (Å²) in [5.74, 6) is 0. The number of hydrogen-bond donors (Lipinski definition) is 1. The van der Waals surface area contributed by atoms with E-state index in [1.54, 1.807) is 36.4 Å². The molecule has 1 aromatic rings. The minimum absolute atomic E-state index is 0.0713. The first kappa shape index (κ1) is 13.1. The van der Waals surface area contributed by atoms with Gasteiger partial charge in [-0.25, -0.2) is 0 Å². The summed E-state index contributed by atoms with van der Waals surface area (Å²) in [5, 5.41) is 20.2. The Balaban J connectivity index is 2.71. The molecule has 4 heteroatoms. The van der Waals surface area contributed by atoms with E-state index in [1.807, 2.05) is 0 Å². The predicted octanol–water partition coefficient (Wildman–Crippen LogP) is 2.94. The Bertz CT molecular complexity index is 426. The molecule has 0 saturated carbocycles. The van der Waals surface area contributed by atoms with Crippen LogP contribution in [-0.2, 0) is 0 Å². The van der Waals surface area contributed by atoms with Gasteiger partial charge in [0.25, 0.3) is 5.69 Å². The standard InChI is InChI=1S/C13H15NO3/c1-2-6-12(15)9-5-8-11-7-3-4-10-13(11)14(16)17/h2-5,7-8,10,12,15H,1,6,9H2/b8-5+/t12-/m0/s1. The van der Waals surface area contributed by atoms with Crippen molar-refractivity contribution < 1.29 is 10.0 Å². The Labute approximate surface area is 100 Å². The molecule has 0 aliphatic rings. The summed E-state index contributed by atoms with van der Waals surface area (Å²) in [5.41, 5.74) is 0.616. The zero-order chi connectivity index (χ0) is 12.7. The molecule has 1 N–H and O–H groups in total. The van der Waals surface area contributed by atoms with Crippen molar-refractivity contribution in [3.05, 3.63) is 58.7 Å². The minimum atomic E-state index is -0.480. The van der Waals surface area contributed by atoms with Gasteiger partial charge >= 0.3 is 0 Å². The Morgan fingerprint density at radius 3 is 2.76 bits per heavy atom. The van der Waals surface area contributed by atoms with Gasteiger partial charge < -0.3 is 5.11 Å². The molecule has 0 radical (unpaired) electrons. The second-order valence-corrected chi connectivity index (χ2v) is 3.63. The van der Waals surface area contributed by atoms with Gasteiger partial charge in [0.15, 0.2) is 0 Å². The van der Waals surface area contributed by atoms with Crippen LogP contribution < -0.4 is 0 Å². The lowest BCUT2D eigenvalue weighted by atomic mass is 10.1. The maximum absolute atomic E-state index is 10.7. The van der Waals surface area contributed by atoms with E-state index in [1.165, 1.54) is 6.07 Å². The molecule has 0 saturated heterocycles. The number of nitrogens with zero attached hydrogens (tertiary/aromatic N) is 1. The third-order valence-corrected chi connectivity index (χ3v) is 2.28. The van der Waals surface area contributed by atoms with Crippen LogP contribution in [0, 0.1) is 10.1 Å². The summed E-state index contributed by atoms with van der Waals surface area (Å²) in [6.07, 6.45) is 5.52. The average Bonchev–Trinajstić information content (AvgIpc) is 2.30. The summed E-state index contributed by atoms with van der Waals surface area (Å²) >= 11 is 0. The summed E-state index contributed by atoms with van der Waals surface area (Å²) in [6, 6.07) is 6.50. The van der Waals surface area contributed by atoms with Gasteiger partial charge in [-0.2, -0.15) is 0 Å². The van der Waals surface area contributed by atoms with Crippen molar-refractivity contribution >= 4 is 11.8 Å². The molecular weight excluding hydrogens is 218 g/mol. The number of rotatable bonds is 6. The third-order valence-electron chi connectivity index (χ3n) is 2.28. The van der Waals surface area contributed by atoms with E-state index in [9.17, 15) is 15.2 Å². The van der Waals surface area contributed by atoms with Crippen molar-refractivity contribution in [3.8, 4) is 0 Å². The highest BCUT2D eigenvalue weighted by Crippen LogP contribution is 2.19. The molecule has 0 amide bonds. The number of aliphatic hydroxyl groups is 1. The SMILES string of the molecule is C=CC[C@H](O)C/C=C/c1ccccc1[N+](=O)[O-]. The molecule has 0 spiro atoms. The fraction of sp³-hybridized carbons (Fsp3) is 0.231. The molecule has 1 rings (SSSR count). The Morgan fingerprint density at radius 2 is 2.12 bits per heavy atom. The van der Waals surface area contributed by atoms with Gasteiger partial charge in [0.2, 0.25) is 0 Å². The molecule has 0 fully saturated rings. The quantitative estimate of drug-likeness (QED) is 0.466. The fourth-order valence-corrected chi connectivity index (χ4v) is 1.44. The smallest absolute Gasteiger partial charge is 0.276 e. The lowest BCUT2D eigenvalue weighted by Gasteiger charge is -2.02. The number of nitro groups is 1. The van der Waals surface area contributed by atoms with E-state index < -0.39 is 11.0 Å². The van der Waals surface area contributed by atoms with Crippen molar-refractivity contribution in [2.24, 2.45) is 0 Å². The molecule has 0 aliphatic carbocycles. The zero-order valence-electron chi connectivity index (χ0n) is 9.45. The van der Waals surface area contributed by atoms with Crippen LogP contribution in [0.5, 0.6) is 0 Å². The Kier molecular flexibility index (Phi) is 5.10. The molecule has 0 heterocycles. The van der Waals surface area contributed by atoms with Gasteiger partial charge in [-0.1, -0.05) is 30.4 Å². The molecule has 0 bridgehead atoms. The molecule has 17 heavy (non-hydrogen) atoms. The van der Waals surface area contributed by atoms with Gasteiger partial charge in [-0.3, -0.25) is 10.1 Å². The van der Waals surface area contributed by atoms with Gasteiger partial charge in [0, 0.05) is 6.07 Å². The lowest BCUT2D eigenvalue weighted by molar-refractivity contribution is -0.385. The van der Waals surface area contributed by atoms with E-state index in [0.29, 0.717) is 18.4 Å². The predicted molar refractivity (Wildman–Crippen MR) is 67.6 cm³/mol. The molecule has 0 aliphatic heterocycles. The first-order valence-electron chi connectivity index (χ1n) is 5.34. The summed E-state index contributed by atoms with van der Waals surface area (Å²) in [7, 11) is 0. The first-order chi connectivity index (χ1) is 8.15. The fourth-order valence-electron chi connectivity index (χ4n) is 1.44. The van der Waals surface area contributed by atoms with Crippen LogP contribution in [0.15, 0.2) is 43.0 Å². The number of hydrogen-bond acceptors (Lipinski definition) is 3. The molecule has 0 unspecified atom stereocenters.